The Kier molecular flexibility index (Phi) is 7.12. The predicted octanol–water partition coefficient (Wildman–Crippen LogP) is 2.83. The van der Waals surface area contributed by atoms with Gasteiger partial charge in [0.1, 0.15) is 5.75 Å². The highest BCUT2D eigenvalue weighted by molar-refractivity contribution is 5.88. The number of esters is 1. The van der Waals surface area contributed by atoms with Crippen LogP contribution in [-0.4, -0.2) is 36.0 Å². The van der Waals surface area contributed by atoms with Crippen molar-refractivity contribution in [2.24, 2.45) is 0 Å². The molecule has 0 aliphatic rings. The Morgan fingerprint density at radius 3 is 2.35 bits per heavy atom. The van der Waals surface area contributed by atoms with Gasteiger partial charge in [-0.25, -0.2) is 9.63 Å². The van der Waals surface area contributed by atoms with E-state index in [-0.39, 0.29) is 12.0 Å². The molecule has 26 heavy (non-hydrogen) atoms. The number of carbonyl (C=O) groups is 1. The number of methoxy groups -OCH3 is 2. The van der Waals surface area contributed by atoms with E-state index in [4.69, 9.17) is 24.6 Å². The lowest BCUT2D eigenvalue weighted by atomic mass is 10.2. The minimum atomic E-state index is -0.541. The van der Waals surface area contributed by atoms with Gasteiger partial charge in [-0.05, 0) is 41.5 Å². The monoisotopic (exact) mass is 361 g/mol. The second kappa shape index (κ2) is 9.54. The minimum Gasteiger partial charge on any atom is -0.493 e. The van der Waals surface area contributed by atoms with Crippen LogP contribution in [0.2, 0.25) is 0 Å². The van der Waals surface area contributed by atoms with Crippen molar-refractivity contribution >= 4 is 12.0 Å². The molecule has 0 unspecified atom stereocenters. The normalized spacial score (nSPS) is 11.0. The van der Waals surface area contributed by atoms with Crippen molar-refractivity contribution in [3.05, 3.63) is 59.7 Å². The summed E-state index contributed by atoms with van der Waals surface area (Å²) in [5.74, 6) is 0.966. The molecule has 2 aromatic carbocycles. The summed E-state index contributed by atoms with van der Waals surface area (Å²) < 4.78 is 15.5. The van der Waals surface area contributed by atoms with Crippen molar-refractivity contribution < 1.29 is 34.3 Å². The van der Waals surface area contributed by atoms with Gasteiger partial charge in [0.05, 0.1) is 26.2 Å². The Morgan fingerprint density at radius 2 is 1.73 bits per heavy atom. The molecule has 138 valence electrons. The lowest BCUT2D eigenvalue weighted by Crippen LogP contribution is -2.13. The second-order valence-electron chi connectivity index (χ2n) is 5.04. The molecule has 0 aliphatic heterocycles. The Bertz CT molecular complexity index is 757. The molecule has 0 radical (unpaired) electrons. The molecule has 0 aromatic heterocycles. The number of benzene rings is 2. The first kappa shape index (κ1) is 19.4. The van der Waals surface area contributed by atoms with Crippen LogP contribution in [0.5, 0.6) is 17.2 Å². The van der Waals surface area contributed by atoms with E-state index in [1.807, 2.05) is 0 Å². The quantitative estimate of drug-likeness (QED) is 0.321. The van der Waals surface area contributed by atoms with Crippen LogP contribution in [0.1, 0.15) is 11.1 Å². The zero-order valence-corrected chi connectivity index (χ0v) is 14.3. The summed E-state index contributed by atoms with van der Waals surface area (Å²) in [7, 11) is 3.08. The molecule has 0 heterocycles. The van der Waals surface area contributed by atoms with Gasteiger partial charge in [0.2, 0.25) is 0 Å². The lowest BCUT2D eigenvalue weighted by molar-refractivity contribution is -0.497. The molecule has 2 rings (SSSR count). The van der Waals surface area contributed by atoms with E-state index in [1.54, 1.807) is 55.7 Å². The maximum absolute atomic E-state index is 11.9. The van der Waals surface area contributed by atoms with E-state index in [9.17, 15) is 4.79 Å². The maximum Gasteiger partial charge on any atom is 0.336 e. The number of rotatable bonds is 8. The van der Waals surface area contributed by atoms with E-state index >= 15 is 0 Å². The van der Waals surface area contributed by atoms with E-state index in [0.717, 1.165) is 5.56 Å². The first-order chi connectivity index (χ1) is 12.5. The maximum atomic E-state index is 11.9. The molecule has 0 bridgehead atoms. The van der Waals surface area contributed by atoms with Gasteiger partial charge in [0.15, 0.2) is 11.5 Å². The Labute approximate surface area is 150 Å². The molecule has 0 amide bonds. The summed E-state index contributed by atoms with van der Waals surface area (Å²) in [5, 5.41) is 16.6. The first-order valence-corrected chi connectivity index (χ1v) is 7.53. The molecule has 8 heteroatoms. The highest BCUT2D eigenvalue weighted by Crippen LogP contribution is 2.28. The van der Waals surface area contributed by atoms with E-state index in [2.05, 4.69) is 4.84 Å². The molecule has 2 N–H and O–H groups in total. The SMILES string of the molecule is COc1ccc(/C=C/C(=O)Oc2ccc(CON(O)O)cc2)cc1OC. The second-order valence-corrected chi connectivity index (χ2v) is 5.04. The molecule has 0 saturated heterocycles. The zero-order chi connectivity index (χ0) is 18.9. The fraction of sp³-hybridized carbons (Fsp3) is 0.167. The molecule has 0 fully saturated rings. The summed E-state index contributed by atoms with van der Waals surface area (Å²) in [6.07, 6.45) is 2.90. The van der Waals surface area contributed by atoms with Gasteiger partial charge >= 0.3 is 5.97 Å². The van der Waals surface area contributed by atoms with Crippen molar-refractivity contribution in [2.75, 3.05) is 14.2 Å². The van der Waals surface area contributed by atoms with Gasteiger partial charge in [0.25, 0.3) is 0 Å². The van der Waals surface area contributed by atoms with E-state index < -0.39 is 5.97 Å². The number of hydrogen-bond acceptors (Lipinski definition) is 8. The van der Waals surface area contributed by atoms with Gasteiger partial charge in [-0.1, -0.05) is 18.2 Å². The molecule has 2 aromatic rings. The average Bonchev–Trinajstić information content (AvgIpc) is 2.65. The van der Waals surface area contributed by atoms with Gasteiger partial charge in [-0.2, -0.15) is 0 Å². The molecule has 0 atom stereocenters. The summed E-state index contributed by atoms with van der Waals surface area (Å²) >= 11 is 0. The molecule has 0 saturated carbocycles. The summed E-state index contributed by atoms with van der Waals surface area (Å²) in [6.45, 7) is -0.0412. The molecule has 0 spiro atoms. The fourth-order valence-corrected chi connectivity index (χ4v) is 2.06. The van der Waals surface area contributed by atoms with Crippen LogP contribution in [0, 0.1) is 0 Å². The highest BCUT2D eigenvalue weighted by Gasteiger charge is 2.05. The zero-order valence-electron chi connectivity index (χ0n) is 14.3. The number of nitrogens with zero attached hydrogens (tertiary/aromatic N) is 1. The lowest BCUT2D eigenvalue weighted by Gasteiger charge is -2.08. The standard InChI is InChI=1S/C18H19NO7/c1-23-16-9-5-13(11-17(16)24-2)6-10-18(20)26-15-7-3-14(4-8-15)12-25-19(21)22/h3-11,21-22H,12H2,1-2H3/b10-6+. The van der Waals surface area contributed by atoms with Crippen LogP contribution < -0.4 is 14.2 Å². The average molecular weight is 361 g/mol. The third kappa shape index (κ3) is 5.87. The summed E-state index contributed by atoms with van der Waals surface area (Å²) in [5.41, 5.74) is 1.42. The van der Waals surface area contributed by atoms with Crippen LogP contribution >= 0.6 is 0 Å². The number of ether oxygens (including phenoxy) is 3. The molecule has 8 nitrogen and oxygen atoms in total. The first-order valence-electron chi connectivity index (χ1n) is 7.53. The Hall–Kier alpha value is -2.91. The van der Waals surface area contributed by atoms with Crippen LogP contribution in [0.15, 0.2) is 48.5 Å². The van der Waals surface area contributed by atoms with Gasteiger partial charge in [-0.15, -0.1) is 0 Å². The van der Waals surface area contributed by atoms with Crippen LogP contribution in [-0.2, 0) is 16.2 Å². The summed E-state index contributed by atoms with van der Waals surface area (Å²) in [4.78, 5) is 16.4. The third-order valence-corrected chi connectivity index (χ3v) is 3.31. The largest absolute Gasteiger partial charge is 0.493 e. The Balaban J connectivity index is 1.94. The van der Waals surface area contributed by atoms with Crippen molar-refractivity contribution in [1.82, 2.24) is 5.39 Å². The van der Waals surface area contributed by atoms with Crippen LogP contribution in [0.25, 0.3) is 6.08 Å². The fourth-order valence-electron chi connectivity index (χ4n) is 2.06. The third-order valence-electron chi connectivity index (χ3n) is 3.31. The Morgan fingerprint density at radius 1 is 1.04 bits per heavy atom. The number of carbonyl (C=O) groups excluding carboxylic acids is 1. The van der Waals surface area contributed by atoms with E-state index in [1.165, 1.54) is 13.2 Å². The van der Waals surface area contributed by atoms with Gasteiger partial charge < -0.3 is 14.2 Å². The van der Waals surface area contributed by atoms with Crippen LogP contribution in [0.3, 0.4) is 0 Å². The van der Waals surface area contributed by atoms with Crippen molar-refractivity contribution in [2.45, 2.75) is 6.61 Å². The number of hydrogen-bond donors (Lipinski definition) is 2. The van der Waals surface area contributed by atoms with Crippen LogP contribution in [0.4, 0.5) is 0 Å². The van der Waals surface area contributed by atoms with Gasteiger partial charge in [-0.3, -0.25) is 10.4 Å². The summed E-state index contributed by atoms with van der Waals surface area (Å²) in [6, 6.07) is 11.7. The van der Waals surface area contributed by atoms with Crippen molar-refractivity contribution in [3.63, 3.8) is 0 Å². The van der Waals surface area contributed by atoms with E-state index in [0.29, 0.717) is 22.8 Å². The van der Waals surface area contributed by atoms with Gasteiger partial charge in [0, 0.05) is 6.08 Å². The minimum absolute atomic E-state index is 0.0412. The molecule has 0 aliphatic carbocycles. The molecular weight excluding hydrogens is 342 g/mol. The van der Waals surface area contributed by atoms with Crippen molar-refractivity contribution in [3.8, 4) is 17.2 Å². The topological polar surface area (TPSA) is 97.7 Å². The predicted molar refractivity (Wildman–Crippen MR) is 90.9 cm³/mol. The smallest absolute Gasteiger partial charge is 0.336 e. The van der Waals surface area contributed by atoms with Crippen molar-refractivity contribution in [1.29, 1.82) is 0 Å². The molecular formula is C18H19NO7. The highest BCUT2D eigenvalue weighted by atomic mass is 17.1.